The monoisotopic (exact) mass is 254 g/mol. The van der Waals surface area contributed by atoms with Crippen molar-refractivity contribution in [2.75, 3.05) is 12.9 Å². The van der Waals surface area contributed by atoms with Crippen LogP contribution in [0, 0.1) is 11.8 Å². The largest absolute Gasteiger partial charge is 0.481 e. The van der Waals surface area contributed by atoms with E-state index in [4.69, 9.17) is 5.11 Å². The summed E-state index contributed by atoms with van der Waals surface area (Å²) in [5.41, 5.74) is 0. The van der Waals surface area contributed by atoms with Gasteiger partial charge in [-0.2, -0.15) is 8.42 Å². The molecule has 0 saturated heterocycles. The van der Waals surface area contributed by atoms with Gasteiger partial charge in [0.2, 0.25) is 0 Å². The summed E-state index contributed by atoms with van der Waals surface area (Å²) in [5.74, 6) is -2.07. The summed E-state index contributed by atoms with van der Waals surface area (Å²) in [6, 6.07) is 0. The third-order valence-electron chi connectivity index (χ3n) is 1.96. The normalized spacial score (nSPS) is 16.1. The number of carbonyl (C=O) groups is 1. The Morgan fingerprint density at radius 1 is 1.38 bits per heavy atom. The molecule has 0 rings (SSSR count). The Bertz CT molecular complexity index is 321. The first-order valence-corrected chi connectivity index (χ1v) is 6.70. The van der Waals surface area contributed by atoms with E-state index in [1.165, 1.54) is 0 Å². The third-order valence-corrected chi connectivity index (χ3v) is 2.52. The summed E-state index contributed by atoms with van der Waals surface area (Å²) in [4.78, 5) is 10.8. The minimum Gasteiger partial charge on any atom is -0.481 e. The molecule has 96 valence electrons. The molecule has 0 saturated carbocycles. The van der Waals surface area contributed by atoms with Gasteiger partial charge in [0.05, 0.1) is 24.9 Å². The van der Waals surface area contributed by atoms with Crippen LogP contribution in [0.15, 0.2) is 0 Å². The van der Waals surface area contributed by atoms with E-state index in [1.54, 1.807) is 0 Å². The number of aliphatic carboxylic acids is 1. The van der Waals surface area contributed by atoms with E-state index in [2.05, 4.69) is 4.18 Å². The fourth-order valence-electron chi connectivity index (χ4n) is 1.24. The Morgan fingerprint density at radius 3 is 2.19 bits per heavy atom. The summed E-state index contributed by atoms with van der Waals surface area (Å²) in [5, 5.41) is 18.4. The van der Waals surface area contributed by atoms with E-state index >= 15 is 0 Å². The lowest BCUT2D eigenvalue weighted by Crippen LogP contribution is -2.33. The van der Waals surface area contributed by atoms with Gasteiger partial charge in [-0.15, -0.1) is 0 Å². The van der Waals surface area contributed by atoms with Crippen molar-refractivity contribution < 1.29 is 27.6 Å². The van der Waals surface area contributed by atoms with Gasteiger partial charge < -0.3 is 10.2 Å². The highest BCUT2D eigenvalue weighted by atomic mass is 32.2. The predicted octanol–water partition coefficient (Wildman–Crippen LogP) is 0.0704. The summed E-state index contributed by atoms with van der Waals surface area (Å²) in [6.07, 6.45) is -0.212. The number of aliphatic hydroxyl groups excluding tert-OH is 1. The zero-order valence-electron chi connectivity index (χ0n) is 9.58. The van der Waals surface area contributed by atoms with Crippen molar-refractivity contribution >= 4 is 16.1 Å². The molecule has 2 unspecified atom stereocenters. The molecule has 0 aliphatic heterocycles. The van der Waals surface area contributed by atoms with Crippen LogP contribution in [0.4, 0.5) is 0 Å². The molecular formula is C9H18O6S. The highest BCUT2D eigenvalue weighted by Gasteiger charge is 2.28. The third kappa shape index (κ3) is 6.76. The van der Waals surface area contributed by atoms with Crippen molar-refractivity contribution in [1.82, 2.24) is 0 Å². The second-order valence-corrected chi connectivity index (χ2v) is 5.77. The first-order chi connectivity index (χ1) is 7.13. The van der Waals surface area contributed by atoms with Crippen LogP contribution in [-0.4, -0.2) is 43.6 Å². The van der Waals surface area contributed by atoms with Crippen molar-refractivity contribution in [2.45, 2.75) is 26.4 Å². The van der Waals surface area contributed by atoms with Crippen LogP contribution in [0.3, 0.4) is 0 Å². The first-order valence-electron chi connectivity index (χ1n) is 4.88. The predicted molar refractivity (Wildman–Crippen MR) is 57.4 cm³/mol. The Balaban J connectivity index is 4.39. The van der Waals surface area contributed by atoms with Crippen LogP contribution in [-0.2, 0) is 19.1 Å². The zero-order chi connectivity index (χ0) is 12.9. The van der Waals surface area contributed by atoms with Crippen molar-refractivity contribution in [2.24, 2.45) is 11.8 Å². The highest BCUT2D eigenvalue weighted by molar-refractivity contribution is 7.85. The quantitative estimate of drug-likeness (QED) is 0.623. The maximum absolute atomic E-state index is 10.8. The molecule has 0 aromatic carbocycles. The van der Waals surface area contributed by atoms with E-state index in [-0.39, 0.29) is 12.3 Å². The number of hydrogen-bond donors (Lipinski definition) is 2. The maximum atomic E-state index is 10.8. The SMILES string of the molecule is CC(C)CC(C(=O)O)C(O)COS(C)(=O)=O. The summed E-state index contributed by atoms with van der Waals surface area (Å²) in [6.45, 7) is 3.11. The molecule has 0 radical (unpaired) electrons. The Labute approximate surface area is 95.4 Å². The molecule has 0 bridgehead atoms. The Kier molecular flexibility index (Phi) is 5.91. The molecule has 0 aliphatic rings. The number of carboxylic acids is 1. The van der Waals surface area contributed by atoms with Crippen LogP contribution in [0.5, 0.6) is 0 Å². The van der Waals surface area contributed by atoms with Gasteiger partial charge in [-0.1, -0.05) is 13.8 Å². The fraction of sp³-hybridized carbons (Fsp3) is 0.889. The molecular weight excluding hydrogens is 236 g/mol. The van der Waals surface area contributed by atoms with Crippen LogP contribution in [0.25, 0.3) is 0 Å². The van der Waals surface area contributed by atoms with E-state index < -0.39 is 34.7 Å². The fourth-order valence-corrected chi connectivity index (χ4v) is 1.63. The minimum atomic E-state index is -3.66. The van der Waals surface area contributed by atoms with Crippen LogP contribution in [0.1, 0.15) is 20.3 Å². The van der Waals surface area contributed by atoms with E-state index in [1.807, 2.05) is 13.8 Å². The molecule has 2 N–H and O–H groups in total. The standard InChI is InChI=1S/C9H18O6S/c1-6(2)4-7(9(11)12)8(10)5-15-16(3,13)14/h6-8,10H,4-5H2,1-3H3,(H,11,12). The molecule has 0 heterocycles. The molecule has 0 amide bonds. The van der Waals surface area contributed by atoms with Crippen molar-refractivity contribution in [3.63, 3.8) is 0 Å². The second-order valence-electron chi connectivity index (χ2n) is 4.13. The van der Waals surface area contributed by atoms with Gasteiger partial charge in [0.1, 0.15) is 0 Å². The maximum Gasteiger partial charge on any atom is 0.309 e. The molecule has 0 fully saturated rings. The first kappa shape index (κ1) is 15.3. The average Bonchev–Trinajstić information content (AvgIpc) is 2.08. The second kappa shape index (κ2) is 6.17. The number of carboxylic acid groups (broad SMARTS) is 1. The van der Waals surface area contributed by atoms with Gasteiger partial charge in [-0.05, 0) is 12.3 Å². The molecule has 7 heteroatoms. The topological polar surface area (TPSA) is 101 Å². The Hall–Kier alpha value is -0.660. The molecule has 0 aromatic rings. The van der Waals surface area contributed by atoms with E-state index in [0.29, 0.717) is 0 Å². The van der Waals surface area contributed by atoms with Crippen LogP contribution in [0.2, 0.25) is 0 Å². The van der Waals surface area contributed by atoms with E-state index in [0.717, 1.165) is 6.26 Å². The average molecular weight is 254 g/mol. The van der Waals surface area contributed by atoms with Crippen LogP contribution >= 0.6 is 0 Å². The minimum absolute atomic E-state index is 0.0917. The lowest BCUT2D eigenvalue weighted by Gasteiger charge is -2.20. The number of rotatable bonds is 7. The van der Waals surface area contributed by atoms with Gasteiger partial charge in [-0.3, -0.25) is 8.98 Å². The zero-order valence-corrected chi connectivity index (χ0v) is 10.4. The van der Waals surface area contributed by atoms with Gasteiger partial charge in [0.15, 0.2) is 0 Å². The molecule has 0 aromatic heterocycles. The van der Waals surface area contributed by atoms with Gasteiger partial charge >= 0.3 is 5.97 Å². The van der Waals surface area contributed by atoms with Crippen molar-refractivity contribution in [3.05, 3.63) is 0 Å². The molecule has 2 atom stereocenters. The summed E-state index contributed by atoms with van der Waals surface area (Å²) < 4.78 is 25.7. The number of hydrogen-bond acceptors (Lipinski definition) is 5. The molecule has 0 aliphatic carbocycles. The van der Waals surface area contributed by atoms with Crippen LogP contribution < -0.4 is 0 Å². The van der Waals surface area contributed by atoms with E-state index in [9.17, 15) is 18.3 Å². The van der Waals surface area contributed by atoms with Gasteiger partial charge in [-0.25, -0.2) is 0 Å². The summed E-state index contributed by atoms with van der Waals surface area (Å²) in [7, 11) is -3.66. The highest BCUT2D eigenvalue weighted by Crippen LogP contribution is 2.16. The lowest BCUT2D eigenvalue weighted by molar-refractivity contribution is -0.147. The van der Waals surface area contributed by atoms with Gasteiger partial charge in [0, 0.05) is 0 Å². The molecule has 6 nitrogen and oxygen atoms in total. The summed E-state index contributed by atoms with van der Waals surface area (Å²) >= 11 is 0. The van der Waals surface area contributed by atoms with Crippen molar-refractivity contribution in [1.29, 1.82) is 0 Å². The smallest absolute Gasteiger partial charge is 0.309 e. The lowest BCUT2D eigenvalue weighted by atomic mass is 9.92. The number of aliphatic hydroxyl groups is 1. The van der Waals surface area contributed by atoms with Crippen molar-refractivity contribution in [3.8, 4) is 0 Å². The molecule has 16 heavy (non-hydrogen) atoms. The van der Waals surface area contributed by atoms with Gasteiger partial charge in [0.25, 0.3) is 10.1 Å². The molecule has 0 spiro atoms. The Morgan fingerprint density at radius 2 is 1.88 bits per heavy atom.